The summed E-state index contributed by atoms with van der Waals surface area (Å²) >= 11 is 0. The van der Waals surface area contributed by atoms with Crippen molar-refractivity contribution in [2.75, 3.05) is 48.3 Å². The minimum Gasteiger partial charge on any atom is -0.507 e. The fourth-order valence-corrected chi connectivity index (χ4v) is 7.67. The first-order valence-electron chi connectivity index (χ1n) is 16.9. The number of hydrogen-bond donors (Lipinski definition) is 3. The van der Waals surface area contributed by atoms with Crippen LogP contribution in [0.1, 0.15) is 38.1 Å². The van der Waals surface area contributed by atoms with Crippen molar-refractivity contribution in [3.63, 3.8) is 0 Å². The van der Waals surface area contributed by atoms with E-state index in [1.807, 2.05) is 54.5 Å². The first-order chi connectivity index (χ1) is 23.8. The van der Waals surface area contributed by atoms with E-state index in [9.17, 15) is 14.7 Å². The maximum atomic E-state index is 12.6. The Labute approximate surface area is 283 Å². The number of benzene rings is 2. The molecule has 3 fully saturated rings. The van der Waals surface area contributed by atoms with Crippen molar-refractivity contribution in [2.45, 2.75) is 44.2 Å². The van der Waals surface area contributed by atoms with E-state index in [1.165, 1.54) is 0 Å². The number of phenolic OH excluding ortho intramolecular Hbond substituents is 1. The summed E-state index contributed by atoms with van der Waals surface area (Å²) in [6, 6.07) is 15.5. The Kier molecular flexibility index (Phi) is 7.86. The van der Waals surface area contributed by atoms with Crippen LogP contribution in [0.5, 0.6) is 5.75 Å². The molecule has 3 amide bonds. The Hall–Kier alpha value is -5.50. The lowest BCUT2D eigenvalue weighted by molar-refractivity contribution is -0.120. The standard InChI is InChI=1S/C35H39N11O3/c1-42-32-26(34(41-42)45-14-13-31(48)38-35(45)49)6-4-7-29(32)44-17-15-43(16-18-44)23-9-11-24(12-10-23)46-21-22(20-37-46)27-19-28(39-40-33(27)36)25-5-2-3-8-30(25)47/h2-8,19-21,23-24,47H,9-18H2,1H3,(H2,36,40)(H,38,48,49)/t23-,24-. The number of rotatable bonds is 6. The van der Waals surface area contributed by atoms with Crippen molar-refractivity contribution in [1.82, 2.24) is 40.0 Å². The van der Waals surface area contributed by atoms with Crippen molar-refractivity contribution in [1.29, 1.82) is 0 Å². The monoisotopic (exact) mass is 661 g/mol. The number of fused-ring (bicyclic) bond motifs is 1. The predicted molar refractivity (Wildman–Crippen MR) is 186 cm³/mol. The van der Waals surface area contributed by atoms with Gasteiger partial charge in [-0.1, -0.05) is 18.2 Å². The summed E-state index contributed by atoms with van der Waals surface area (Å²) in [5.41, 5.74) is 11.1. The summed E-state index contributed by atoms with van der Waals surface area (Å²) in [5, 5.41) is 31.4. The lowest BCUT2D eigenvalue weighted by Gasteiger charge is -2.42. The lowest BCUT2D eigenvalue weighted by atomic mass is 9.90. The summed E-state index contributed by atoms with van der Waals surface area (Å²) in [5.74, 6) is 0.802. The average molecular weight is 662 g/mol. The van der Waals surface area contributed by atoms with E-state index in [2.05, 4.69) is 36.1 Å². The third-order valence-electron chi connectivity index (χ3n) is 10.3. The zero-order chi connectivity index (χ0) is 33.6. The molecule has 14 nitrogen and oxygen atoms in total. The highest BCUT2D eigenvalue weighted by Crippen LogP contribution is 2.37. The minimum atomic E-state index is -0.423. The number of carbonyl (C=O) groups excluding carboxylic acids is 2. The van der Waals surface area contributed by atoms with Crippen LogP contribution >= 0.6 is 0 Å². The third-order valence-corrected chi connectivity index (χ3v) is 10.3. The molecule has 5 heterocycles. The number of aromatic hydroxyl groups is 1. The number of anilines is 3. The summed E-state index contributed by atoms with van der Waals surface area (Å²) in [7, 11) is 1.91. The third kappa shape index (κ3) is 5.71. The number of nitrogen functional groups attached to an aromatic ring is 1. The molecule has 14 heteroatoms. The van der Waals surface area contributed by atoms with Crippen LogP contribution in [-0.2, 0) is 11.8 Å². The topological polar surface area (TPSA) is 164 Å². The van der Waals surface area contributed by atoms with Gasteiger partial charge < -0.3 is 15.7 Å². The second-order valence-electron chi connectivity index (χ2n) is 13.1. The smallest absolute Gasteiger partial charge is 0.329 e. The molecule has 0 unspecified atom stereocenters. The van der Waals surface area contributed by atoms with Gasteiger partial charge in [-0.05, 0) is 56.0 Å². The maximum Gasteiger partial charge on any atom is 0.329 e. The van der Waals surface area contributed by atoms with Gasteiger partial charge in [-0.3, -0.25) is 29.3 Å². The summed E-state index contributed by atoms with van der Waals surface area (Å²) in [6.45, 7) is 4.09. The molecular weight excluding hydrogens is 622 g/mol. The van der Waals surface area contributed by atoms with E-state index in [1.54, 1.807) is 17.0 Å². The number of imide groups is 1. The van der Waals surface area contributed by atoms with Gasteiger partial charge >= 0.3 is 6.03 Å². The molecule has 2 aromatic carbocycles. The number of aromatic nitrogens is 6. The molecule has 0 bridgehead atoms. The highest BCUT2D eigenvalue weighted by Gasteiger charge is 2.32. The number of para-hydroxylation sites is 2. The van der Waals surface area contributed by atoms with Crippen LogP contribution in [0.15, 0.2) is 60.9 Å². The van der Waals surface area contributed by atoms with Crippen molar-refractivity contribution < 1.29 is 14.7 Å². The molecule has 8 rings (SSSR count). The van der Waals surface area contributed by atoms with Crippen molar-refractivity contribution >= 4 is 40.2 Å². The number of nitrogens with two attached hydrogens (primary N) is 1. The largest absolute Gasteiger partial charge is 0.507 e. The summed E-state index contributed by atoms with van der Waals surface area (Å²) in [6.07, 6.45) is 8.46. The van der Waals surface area contributed by atoms with Gasteiger partial charge in [-0.25, -0.2) is 4.79 Å². The number of piperazine rings is 1. The Morgan fingerprint density at radius 2 is 1.67 bits per heavy atom. The Morgan fingerprint density at radius 3 is 2.45 bits per heavy atom. The number of nitrogens with one attached hydrogen (secondary N) is 1. The van der Waals surface area contributed by atoms with E-state index in [4.69, 9.17) is 15.9 Å². The molecule has 2 saturated heterocycles. The van der Waals surface area contributed by atoms with Crippen molar-refractivity contribution in [3.8, 4) is 28.1 Å². The van der Waals surface area contributed by atoms with E-state index in [0.717, 1.165) is 79.6 Å². The Balaban J connectivity index is 0.902. The molecule has 49 heavy (non-hydrogen) atoms. The van der Waals surface area contributed by atoms with Crippen LogP contribution in [0.3, 0.4) is 0 Å². The quantitative estimate of drug-likeness (QED) is 0.243. The maximum absolute atomic E-state index is 12.6. The molecule has 4 N–H and O–H groups in total. The highest BCUT2D eigenvalue weighted by atomic mass is 16.3. The first kappa shape index (κ1) is 30.8. The van der Waals surface area contributed by atoms with E-state index in [-0.39, 0.29) is 18.1 Å². The number of hydrogen-bond acceptors (Lipinski definition) is 10. The molecule has 0 radical (unpaired) electrons. The van der Waals surface area contributed by atoms with Crippen molar-refractivity contribution in [3.05, 3.63) is 60.9 Å². The molecule has 1 saturated carbocycles. The van der Waals surface area contributed by atoms with E-state index < -0.39 is 6.03 Å². The van der Waals surface area contributed by atoms with Crippen LogP contribution in [0, 0.1) is 0 Å². The fraction of sp³-hybridized carbons (Fsp3) is 0.371. The van der Waals surface area contributed by atoms with Gasteiger partial charge in [0.1, 0.15) is 5.75 Å². The minimum absolute atomic E-state index is 0.145. The second-order valence-corrected chi connectivity index (χ2v) is 13.1. The molecule has 3 aliphatic rings. The van der Waals surface area contributed by atoms with Crippen LogP contribution in [-0.4, -0.2) is 90.5 Å². The number of nitrogens with zero attached hydrogens (tertiary/aromatic N) is 9. The zero-order valence-corrected chi connectivity index (χ0v) is 27.4. The zero-order valence-electron chi connectivity index (χ0n) is 27.4. The van der Waals surface area contributed by atoms with Gasteiger partial charge in [0.25, 0.3) is 0 Å². The molecule has 2 aliphatic heterocycles. The molecule has 3 aromatic heterocycles. The highest BCUT2D eigenvalue weighted by molar-refractivity contribution is 6.10. The fourth-order valence-electron chi connectivity index (χ4n) is 7.67. The van der Waals surface area contributed by atoms with Gasteiger partial charge in [0.15, 0.2) is 11.6 Å². The molecule has 1 aliphatic carbocycles. The molecule has 0 spiro atoms. The average Bonchev–Trinajstić information content (AvgIpc) is 3.74. The van der Waals surface area contributed by atoms with Crippen LogP contribution in [0.25, 0.3) is 33.3 Å². The number of amides is 3. The first-order valence-corrected chi connectivity index (χ1v) is 16.9. The van der Waals surface area contributed by atoms with Gasteiger partial charge in [-0.2, -0.15) is 10.2 Å². The Morgan fingerprint density at radius 1 is 0.898 bits per heavy atom. The van der Waals surface area contributed by atoms with Gasteiger partial charge in [0.05, 0.1) is 29.1 Å². The SMILES string of the molecule is Cn1nc(N2CCC(=O)NC2=O)c2cccc(N3CCN([C@H]4CC[C@H](n5cc(-c6cc(-c7ccccc7O)nnc6N)cn5)CC4)CC3)c21. The van der Waals surface area contributed by atoms with E-state index >= 15 is 0 Å². The molecule has 0 atom stereocenters. The van der Waals surface area contributed by atoms with Crippen LogP contribution in [0.2, 0.25) is 0 Å². The number of carbonyl (C=O) groups is 2. The molecule has 252 valence electrons. The Bertz CT molecular complexity index is 2040. The van der Waals surface area contributed by atoms with Crippen molar-refractivity contribution in [2.24, 2.45) is 7.05 Å². The molecule has 5 aromatic rings. The normalized spacial score (nSPS) is 20.6. The van der Waals surface area contributed by atoms with Gasteiger partial charge in [0.2, 0.25) is 5.91 Å². The number of urea groups is 1. The van der Waals surface area contributed by atoms with Gasteiger partial charge in [-0.15, -0.1) is 10.2 Å². The van der Waals surface area contributed by atoms with E-state index in [0.29, 0.717) is 41.5 Å². The van der Waals surface area contributed by atoms with Crippen LogP contribution < -0.4 is 20.9 Å². The van der Waals surface area contributed by atoms with Crippen LogP contribution in [0.4, 0.5) is 22.1 Å². The van der Waals surface area contributed by atoms with Gasteiger partial charge in [0, 0.05) is 80.5 Å². The summed E-state index contributed by atoms with van der Waals surface area (Å²) in [4.78, 5) is 30.9. The number of aryl methyl sites for hydroxylation is 1. The summed E-state index contributed by atoms with van der Waals surface area (Å²) < 4.78 is 3.92. The predicted octanol–water partition coefficient (Wildman–Crippen LogP) is 3.93. The number of phenols is 1. The lowest BCUT2D eigenvalue weighted by Crippen LogP contribution is -2.51. The second kappa shape index (κ2) is 12.5. The molecular formula is C35H39N11O3.